The van der Waals surface area contributed by atoms with E-state index in [1.54, 1.807) is 12.1 Å². The number of nitro groups is 1. The number of imide groups is 1. The van der Waals surface area contributed by atoms with Crippen LogP contribution in [0.1, 0.15) is 18.0 Å². The number of amides is 2. The first-order valence-electron chi connectivity index (χ1n) is 9.49. The molecule has 0 N–H and O–H groups in total. The smallest absolute Gasteiger partial charge is 0.274 e. The molecule has 3 heterocycles. The van der Waals surface area contributed by atoms with Crippen LogP contribution in [0.2, 0.25) is 10.0 Å². The molecule has 5 rings (SSSR count). The van der Waals surface area contributed by atoms with Crippen LogP contribution in [0.5, 0.6) is 0 Å². The number of nitro benzene ring substituents is 1. The van der Waals surface area contributed by atoms with Gasteiger partial charge in [0.1, 0.15) is 11.1 Å². The fraction of sp³-hybridized carbons (Fsp3) is 0.300. The minimum atomic E-state index is -0.629. The first-order valence-corrected chi connectivity index (χ1v) is 10.2. The summed E-state index contributed by atoms with van der Waals surface area (Å²) in [4.78, 5) is 38.5. The predicted molar refractivity (Wildman–Crippen MR) is 110 cm³/mol. The summed E-state index contributed by atoms with van der Waals surface area (Å²) in [6.45, 7) is 1.44. The van der Waals surface area contributed by atoms with Crippen LogP contribution >= 0.6 is 23.2 Å². The zero-order chi connectivity index (χ0) is 21.2. The monoisotopic (exact) mass is 446 g/mol. The molecule has 3 fully saturated rings. The van der Waals surface area contributed by atoms with Gasteiger partial charge in [0.05, 0.1) is 22.6 Å². The number of anilines is 1. The Balaban J connectivity index is 1.58. The van der Waals surface area contributed by atoms with Crippen molar-refractivity contribution in [1.29, 1.82) is 0 Å². The van der Waals surface area contributed by atoms with Crippen molar-refractivity contribution >= 4 is 46.4 Å². The van der Waals surface area contributed by atoms with Gasteiger partial charge in [0.25, 0.3) is 11.6 Å². The highest BCUT2D eigenvalue weighted by molar-refractivity contribution is 6.33. The van der Waals surface area contributed by atoms with Crippen molar-refractivity contribution in [2.45, 2.75) is 18.5 Å². The minimum Gasteiger partial charge on any atom is -0.274 e. The van der Waals surface area contributed by atoms with E-state index in [1.807, 2.05) is 17.1 Å². The normalized spacial score (nSPS) is 26.3. The Hall–Kier alpha value is -2.52. The van der Waals surface area contributed by atoms with E-state index in [0.29, 0.717) is 11.6 Å². The Morgan fingerprint density at radius 2 is 1.60 bits per heavy atom. The second-order valence-corrected chi connectivity index (χ2v) is 8.40. The minimum absolute atomic E-state index is 0.0483. The molecule has 3 saturated heterocycles. The Morgan fingerprint density at radius 3 is 2.27 bits per heavy atom. The van der Waals surface area contributed by atoms with Crippen molar-refractivity contribution in [3.05, 3.63) is 68.2 Å². The number of halogens is 2. The standard InChI is InChI=1S/C20H16Cl2N4O4/c21-12-4-2-11(3-5-12)17-16-18(24-9-1-8-23(17)24)20(28)25(19(16)27)13-6-7-14(22)15(10-13)26(29)30/h2-7,10,16-18H,1,8-9H2/t16-,17+,18-/m1/s1. The van der Waals surface area contributed by atoms with Gasteiger partial charge in [-0.2, -0.15) is 0 Å². The molecule has 3 aliphatic rings. The van der Waals surface area contributed by atoms with E-state index in [4.69, 9.17) is 23.2 Å². The number of carbonyl (C=O) groups is 2. The third kappa shape index (κ3) is 2.75. The largest absolute Gasteiger partial charge is 0.289 e. The number of rotatable bonds is 3. The number of nitrogens with zero attached hydrogens (tertiary/aromatic N) is 4. The number of hydrogen-bond acceptors (Lipinski definition) is 6. The summed E-state index contributed by atoms with van der Waals surface area (Å²) >= 11 is 11.9. The first-order chi connectivity index (χ1) is 14.4. The van der Waals surface area contributed by atoms with Crippen LogP contribution in [0.4, 0.5) is 11.4 Å². The Labute approximate surface area is 181 Å². The highest BCUT2D eigenvalue weighted by atomic mass is 35.5. The molecule has 0 aromatic heterocycles. The van der Waals surface area contributed by atoms with Gasteiger partial charge in [-0.25, -0.2) is 14.9 Å². The van der Waals surface area contributed by atoms with Gasteiger partial charge in [-0.3, -0.25) is 19.7 Å². The molecule has 0 spiro atoms. The van der Waals surface area contributed by atoms with Gasteiger partial charge in [-0.1, -0.05) is 35.3 Å². The molecule has 0 aliphatic carbocycles. The van der Waals surface area contributed by atoms with E-state index in [1.165, 1.54) is 18.2 Å². The summed E-state index contributed by atoms with van der Waals surface area (Å²) in [5, 5.41) is 15.9. The van der Waals surface area contributed by atoms with Crippen molar-refractivity contribution in [3.8, 4) is 0 Å². The molecule has 0 bridgehead atoms. The summed E-state index contributed by atoms with van der Waals surface area (Å²) in [6.07, 6.45) is 0.890. The number of fused-ring (bicyclic) bond motifs is 3. The van der Waals surface area contributed by atoms with Crippen molar-refractivity contribution in [2.24, 2.45) is 5.92 Å². The van der Waals surface area contributed by atoms with Crippen LogP contribution < -0.4 is 4.90 Å². The Bertz CT molecular complexity index is 1080. The van der Waals surface area contributed by atoms with Crippen LogP contribution in [0.3, 0.4) is 0 Å². The van der Waals surface area contributed by atoms with Crippen molar-refractivity contribution in [3.63, 3.8) is 0 Å². The molecule has 10 heteroatoms. The van der Waals surface area contributed by atoms with Gasteiger partial charge >= 0.3 is 0 Å². The fourth-order valence-electron chi connectivity index (χ4n) is 4.81. The Kier molecular flexibility index (Phi) is 4.55. The second-order valence-electron chi connectivity index (χ2n) is 7.55. The fourth-order valence-corrected chi connectivity index (χ4v) is 5.12. The highest BCUT2D eigenvalue weighted by Gasteiger charge is 2.62. The molecule has 3 atom stereocenters. The van der Waals surface area contributed by atoms with Gasteiger partial charge < -0.3 is 0 Å². The number of carbonyl (C=O) groups excluding carboxylic acids is 2. The van der Waals surface area contributed by atoms with Crippen molar-refractivity contribution in [2.75, 3.05) is 18.0 Å². The molecule has 0 radical (unpaired) electrons. The zero-order valence-corrected chi connectivity index (χ0v) is 17.1. The summed E-state index contributed by atoms with van der Waals surface area (Å²) in [5.41, 5.74) is 0.726. The van der Waals surface area contributed by atoms with E-state index in [0.717, 1.165) is 23.4 Å². The van der Waals surface area contributed by atoms with Crippen LogP contribution in [0, 0.1) is 16.0 Å². The SMILES string of the molecule is O=C1[C@H]2[C@H](C(=O)N1c1ccc(Cl)c([N+](=O)[O-])c1)N1CCCN1[C@H]2c1ccc(Cl)cc1. The summed E-state index contributed by atoms with van der Waals surface area (Å²) in [6, 6.07) is 10.3. The zero-order valence-electron chi connectivity index (χ0n) is 15.6. The lowest BCUT2D eigenvalue weighted by molar-refractivity contribution is -0.384. The number of hydrazine groups is 1. The molecule has 3 aliphatic heterocycles. The maximum atomic E-state index is 13.5. The third-order valence-electron chi connectivity index (χ3n) is 6.00. The van der Waals surface area contributed by atoms with Crippen LogP contribution in [0.25, 0.3) is 0 Å². The maximum Gasteiger partial charge on any atom is 0.289 e. The summed E-state index contributed by atoms with van der Waals surface area (Å²) < 4.78 is 0. The molecule has 8 nitrogen and oxygen atoms in total. The van der Waals surface area contributed by atoms with Gasteiger partial charge in [0.15, 0.2) is 0 Å². The van der Waals surface area contributed by atoms with Gasteiger partial charge in [0, 0.05) is 24.2 Å². The molecule has 30 heavy (non-hydrogen) atoms. The lowest BCUT2D eigenvalue weighted by Gasteiger charge is -2.29. The van der Waals surface area contributed by atoms with Crippen LogP contribution in [-0.4, -0.2) is 45.9 Å². The number of benzene rings is 2. The number of hydrogen-bond donors (Lipinski definition) is 0. The molecule has 2 aromatic carbocycles. The molecule has 2 amide bonds. The average molecular weight is 447 g/mol. The second kappa shape index (κ2) is 7.02. The van der Waals surface area contributed by atoms with E-state index in [9.17, 15) is 19.7 Å². The predicted octanol–water partition coefficient (Wildman–Crippen LogP) is 3.44. The molecule has 2 aromatic rings. The summed E-state index contributed by atoms with van der Waals surface area (Å²) in [5.74, 6) is -1.34. The molecular weight excluding hydrogens is 431 g/mol. The van der Waals surface area contributed by atoms with Gasteiger partial charge in [0.2, 0.25) is 5.91 Å². The van der Waals surface area contributed by atoms with E-state index >= 15 is 0 Å². The van der Waals surface area contributed by atoms with Crippen LogP contribution in [0.15, 0.2) is 42.5 Å². The van der Waals surface area contributed by atoms with Crippen molar-refractivity contribution in [1.82, 2.24) is 10.0 Å². The molecule has 154 valence electrons. The topological polar surface area (TPSA) is 87.0 Å². The lowest BCUT2D eigenvalue weighted by atomic mass is 9.90. The highest BCUT2D eigenvalue weighted by Crippen LogP contribution is 2.49. The quantitative estimate of drug-likeness (QED) is 0.407. The average Bonchev–Trinajstić information content (AvgIpc) is 3.36. The van der Waals surface area contributed by atoms with E-state index < -0.39 is 16.9 Å². The molecular formula is C20H16Cl2N4O4. The molecule has 0 unspecified atom stereocenters. The molecule has 0 saturated carbocycles. The van der Waals surface area contributed by atoms with E-state index in [2.05, 4.69) is 5.01 Å². The van der Waals surface area contributed by atoms with Crippen LogP contribution in [-0.2, 0) is 9.59 Å². The maximum absolute atomic E-state index is 13.5. The lowest BCUT2D eigenvalue weighted by Crippen LogP contribution is -2.44. The first kappa shape index (κ1) is 19.4. The van der Waals surface area contributed by atoms with E-state index in [-0.39, 0.29) is 34.3 Å². The Morgan fingerprint density at radius 1 is 0.933 bits per heavy atom. The van der Waals surface area contributed by atoms with Gasteiger partial charge in [-0.15, -0.1) is 0 Å². The summed E-state index contributed by atoms with van der Waals surface area (Å²) in [7, 11) is 0. The van der Waals surface area contributed by atoms with Crippen molar-refractivity contribution < 1.29 is 14.5 Å². The third-order valence-corrected chi connectivity index (χ3v) is 6.57. The van der Waals surface area contributed by atoms with Gasteiger partial charge in [-0.05, 0) is 36.2 Å².